The van der Waals surface area contributed by atoms with E-state index in [-0.39, 0.29) is 32.1 Å². The summed E-state index contributed by atoms with van der Waals surface area (Å²) in [7, 11) is -2.54. The molecule has 0 aromatic rings. The van der Waals surface area contributed by atoms with E-state index < -0.39 is 37.4 Å². The fraction of sp³-hybridized carbons (Fsp3) is 0.839. The predicted molar refractivity (Wildman–Crippen MR) is 159 cm³/mol. The van der Waals surface area contributed by atoms with Crippen LogP contribution in [0, 0.1) is 5.92 Å². The van der Waals surface area contributed by atoms with Crippen LogP contribution < -0.4 is 0 Å². The summed E-state index contributed by atoms with van der Waals surface area (Å²) in [6.07, 6.45) is 23.0. The number of hydrogen-bond acceptors (Lipinski definition) is 6. The van der Waals surface area contributed by atoms with Gasteiger partial charge in [0, 0.05) is 19.5 Å². The molecule has 0 bridgehead atoms. The van der Waals surface area contributed by atoms with E-state index in [1.165, 1.54) is 77.0 Å². The van der Waals surface area contributed by atoms with Crippen LogP contribution in [0.2, 0.25) is 0 Å². The minimum Gasteiger partial charge on any atom is 0 e. The second-order valence-corrected chi connectivity index (χ2v) is 15.1. The molecule has 0 aliphatic heterocycles. The van der Waals surface area contributed by atoms with Gasteiger partial charge < -0.3 is 0 Å². The average Bonchev–Trinajstić information content (AvgIpc) is 2.90. The summed E-state index contributed by atoms with van der Waals surface area (Å²) in [5.74, 6) is -4.21. The van der Waals surface area contributed by atoms with Crippen LogP contribution in [0.25, 0.3) is 0 Å². The zero-order chi connectivity index (χ0) is 28.5. The number of ketones is 2. The van der Waals surface area contributed by atoms with Crippen LogP contribution in [0.5, 0.6) is 0 Å². The number of Topliss-reactive ketones (excluding diaryl/α,β-unsaturated/α-hetero) is 2. The molecule has 0 atom stereocenters. The summed E-state index contributed by atoms with van der Waals surface area (Å²) in [6.45, 7) is 6.60. The standard InChI is InChI=1S/C31H57O6P.Rh/c1-4-7-10-13-16-19-22-38(23-20-17-14-11-8-5-2,24-21-18-15-12-9-6-3)37-31(36)30(35)25-29(34)28(26-32)27-33;/h26-28,38H,4-25H2,1-3H3;. The molecule has 0 aromatic carbocycles. The number of carbonyl (C=O) groups excluding carboxylic acids is 5. The van der Waals surface area contributed by atoms with Crippen molar-refractivity contribution < 1.29 is 48.0 Å². The molecule has 231 valence electrons. The predicted octanol–water partition coefficient (Wildman–Crippen LogP) is 7.82. The second kappa shape index (κ2) is 27.4. The molecule has 0 saturated carbocycles. The van der Waals surface area contributed by atoms with Crippen LogP contribution in [-0.4, -0.2) is 48.6 Å². The van der Waals surface area contributed by atoms with Crippen LogP contribution >= 0.6 is 7.49 Å². The van der Waals surface area contributed by atoms with Crippen LogP contribution in [0.1, 0.15) is 143 Å². The smallest absolute Gasteiger partial charge is 0 e. The molecule has 39 heavy (non-hydrogen) atoms. The fourth-order valence-corrected chi connectivity index (χ4v) is 9.24. The fourth-order valence-electron chi connectivity index (χ4n) is 5.00. The SMILES string of the molecule is CCCCCCCC[PH](CCCCCCCC)(CCCCCCCC)OC(=O)C(=O)CC(=O)C(C=O)C=O.[Rh]. The molecule has 0 heterocycles. The third-order valence-electron chi connectivity index (χ3n) is 7.49. The molecule has 0 fully saturated rings. The molecule has 1 radical (unpaired) electrons. The second-order valence-electron chi connectivity index (χ2n) is 11.0. The van der Waals surface area contributed by atoms with Gasteiger partial charge in [-0.25, -0.2) is 0 Å². The van der Waals surface area contributed by atoms with Crippen LogP contribution in [0.3, 0.4) is 0 Å². The first-order valence-electron chi connectivity index (χ1n) is 15.6. The van der Waals surface area contributed by atoms with Crippen molar-refractivity contribution in [2.24, 2.45) is 5.92 Å². The maximum Gasteiger partial charge on any atom is 0 e. The van der Waals surface area contributed by atoms with Gasteiger partial charge >= 0.3 is 233 Å². The summed E-state index contributed by atoms with van der Waals surface area (Å²) < 4.78 is 6.15. The molecule has 0 aromatic heterocycles. The zero-order valence-corrected chi connectivity index (χ0v) is 27.7. The van der Waals surface area contributed by atoms with Gasteiger partial charge in [0.15, 0.2) is 0 Å². The van der Waals surface area contributed by atoms with Gasteiger partial charge in [0.2, 0.25) is 0 Å². The van der Waals surface area contributed by atoms with Crippen molar-refractivity contribution in [1.82, 2.24) is 0 Å². The molecule has 6 nitrogen and oxygen atoms in total. The third-order valence-corrected chi connectivity index (χ3v) is 11.9. The Kier molecular flexibility index (Phi) is 28.3. The molecule has 0 N–H and O–H groups in total. The van der Waals surface area contributed by atoms with Crippen molar-refractivity contribution in [3.05, 3.63) is 0 Å². The number of carbonyl (C=O) groups is 5. The summed E-state index contributed by atoms with van der Waals surface area (Å²) in [5.41, 5.74) is 0. The molecule has 0 saturated heterocycles. The Hall–Kier alpha value is -0.797. The van der Waals surface area contributed by atoms with Gasteiger partial charge in [0.05, 0.1) is 0 Å². The van der Waals surface area contributed by atoms with Gasteiger partial charge in [-0.3, -0.25) is 0 Å². The minimum atomic E-state index is -2.54. The first-order valence-corrected chi connectivity index (χ1v) is 18.1. The molecule has 0 aliphatic carbocycles. The Bertz CT molecular complexity index is 621. The van der Waals surface area contributed by atoms with E-state index >= 15 is 0 Å². The van der Waals surface area contributed by atoms with Gasteiger partial charge in [-0.15, -0.1) is 0 Å². The van der Waals surface area contributed by atoms with Crippen LogP contribution in [0.4, 0.5) is 0 Å². The zero-order valence-electron chi connectivity index (χ0n) is 25.1. The van der Waals surface area contributed by atoms with E-state index in [4.69, 9.17) is 4.52 Å². The first kappa shape index (κ1) is 40.3. The monoisotopic (exact) mass is 659 g/mol. The van der Waals surface area contributed by atoms with E-state index in [0.29, 0.717) is 0 Å². The first-order chi connectivity index (χ1) is 18.4. The quantitative estimate of drug-likeness (QED) is 0.0212. The minimum absolute atomic E-state index is 0. The Labute approximate surface area is 252 Å². The maximum absolute atomic E-state index is 12.9. The normalized spacial score (nSPS) is 11.6. The van der Waals surface area contributed by atoms with Crippen molar-refractivity contribution in [1.29, 1.82) is 0 Å². The van der Waals surface area contributed by atoms with Crippen molar-refractivity contribution >= 4 is 37.6 Å². The molecule has 8 heteroatoms. The number of aldehydes is 2. The number of unbranched alkanes of at least 4 members (excludes halogenated alkanes) is 15. The van der Waals surface area contributed by atoms with Crippen LogP contribution in [0.15, 0.2) is 0 Å². The van der Waals surface area contributed by atoms with Gasteiger partial charge in [-0.05, 0) is 0 Å². The van der Waals surface area contributed by atoms with Gasteiger partial charge in [0.1, 0.15) is 0 Å². The van der Waals surface area contributed by atoms with Gasteiger partial charge in [-0.2, -0.15) is 0 Å². The van der Waals surface area contributed by atoms with E-state index in [9.17, 15) is 24.0 Å². The van der Waals surface area contributed by atoms with E-state index in [2.05, 4.69) is 20.8 Å². The summed E-state index contributed by atoms with van der Waals surface area (Å²) >= 11 is 0. The maximum atomic E-state index is 12.9. The van der Waals surface area contributed by atoms with E-state index in [0.717, 1.165) is 57.0 Å². The Morgan fingerprint density at radius 3 is 1.26 bits per heavy atom. The summed E-state index contributed by atoms with van der Waals surface area (Å²) in [4.78, 5) is 59.5. The summed E-state index contributed by atoms with van der Waals surface area (Å²) in [6, 6.07) is 0. The summed E-state index contributed by atoms with van der Waals surface area (Å²) in [5, 5.41) is 0. The molecular weight excluding hydrogens is 602 g/mol. The van der Waals surface area contributed by atoms with Crippen LogP contribution in [-0.2, 0) is 48.0 Å². The van der Waals surface area contributed by atoms with Crippen molar-refractivity contribution in [3.8, 4) is 0 Å². The molecule has 0 spiro atoms. The van der Waals surface area contributed by atoms with Crippen molar-refractivity contribution in [2.75, 3.05) is 18.5 Å². The topological polar surface area (TPSA) is 94.6 Å². The number of rotatable bonds is 28. The number of hydrogen-bond donors (Lipinski definition) is 0. The Morgan fingerprint density at radius 2 is 0.923 bits per heavy atom. The van der Waals surface area contributed by atoms with Crippen molar-refractivity contribution in [3.63, 3.8) is 0 Å². The Balaban J connectivity index is 0. The third kappa shape index (κ3) is 20.7. The molecule has 0 amide bonds. The van der Waals surface area contributed by atoms with Gasteiger partial charge in [-0.1, -0.05) is 0 Å². The Morgan fingerprint density at radius 1 is 0.590 bits per heavy atom. The molecule has 0 rings (SSSR count). The van der Waals surface area contributed by atoms with Gasteiger partial charge in [0.25, 0.3) is 0 Å². The van der Waals surface area contributed by atoms with Crippen molar-refractivity contribution in [2.45, 2.75) is 143 Å². The molecule has 0 aliphatic rings. The molecule has 0 unspecified atom stereocenters. The van der Waals surface area contributed by atoms with E-state index in [1.807, 2.05) is 0 Å². The van der Waals surface area contributed by atoms with E-state index in [1.54, 1.807) is 0 Å². The average molecular weight is 660 g/mol. The largest absolute Gasteiger partial charge is 0 e. The molecular formula is C31H57O6PRh.